The van der Waals surface area contributed by atoms with Crippen LogP contribution in [-0.2, 0) is 12.0 Å². The van der Waals surface area contributed by atoms with Crippen molar-refractivity contribution in [3.63, 3.8) is 0 Å². The van der Waals surface area contributed by atoms with E-state index in [1.807, 2.05) is 0 Å². The van der Waals surface area contributed by atoms with Crippen LogP contribution >= 0.6 is 11.3 Å². The molecule has 1 aromatic heterocycles. The highest BCUT2D eigenvalue weighted by Gasteiger charge is 2.39. The zero-order valence-electron chi connectivity index (χ0n) is 11.7. The van der Waals surface area contributed by atoms with E-state index in [1.165, 1.54) is 16.7 Å². The van der Waals surface area contributed by atoms with E-state index in [1.54, 1.807) is 11.3 Å². The first-order chi connectivity index (χ1) is 9.00. The minimum Gasteiger partial charge on any atom is -0.316 e. The zero-order valence-corrected chi connectivity index (χ0v) is 12.6. The van der Waals surface area contributed by atoms with E-state index in [9.17, 15) is 0 Å². The number of hydrogen-bond acceptors (Lipinski definition) is 3. The summed E-state index contributed by atoms with van der Waals surface area (Å²) in [6.45, 7) is 6.48. The van der Waals surface area contributed by atoms with Gasteiger partial charge in [-0.15, -0.1) is 11.3 Å². The molecule has 1 aliphatic rings. The molecule has 1 unspecified atom stereocenters. The van der Waals surface area contributed by atoms with Crippen molar-refractivity contribution in [3.8, 4) is 0 Å². The van der Waals surface area contributed by atoms with E-state index in [4.69, 9.17) is 10.7 Å². The van der Waals surface area contributed by atoms with Crippen molar-refractivity contribution in [2.75, 3.05) is 0 Å². The molecule has 3 rings (SSSR count). The lowest BCUT2D eigenvalue weighted by Gasteiger charge is -2.23. The second-order valence-corrected chi connectivity index (χ2v) is 6.72. The van der Waals surface area contributed by atoms with E-state index >= 15 is 0 Å². The Bertz CT molecular complexity index is 615. The maximum Gasteiger partial charge on any atom is 0.117 e. The van der Waals surface area contributed by atoms with Crippen molar-refractivity contribution >= 4 is 11.3 Å². The predicted molar refractivity (Wildman–Crippen MR) is 80.7 cm³/mol. The Morgan fingerprint density at radius 2 is 2.16 bits per heavy atom. The summed E-state index contributed by atoms with van der Waals surface area (Å²) in [5.41, 5.74) is 11.4. The van der Waals surface area contributed by atoms with Gasteiger partial charge in [-0.3, -0.25) is 0 Å². The van der Waals surface area contributed by atoms with Gasteiger partial charge in [0.2, 0.25) is 0 Å². The van der Waals surface area contributed by atoms with Gasteiger partial charge in [-0.05, 0) is 36.8 Å². The summed E-state index contributed by atoms with van der Waals surface area (Å²) in [7, 11) is 0. The molecule has 2 nitrogen and oxygen atoms in total. The average Bonchev–Trinajstić information content (AvgIpc) is 2.96. The van der Waals surface area contributed by atoms with Gasteiger partial charge in [0.05, 0.1) is 11.2 Å². The molecule has 0 amide bonds. The molecule has 0 fully saturated rings. The van der Waals surface area contributed by atoms with Crippen LogP contribution in [0.2, 0.25) is 0 Å². The summed E-state index contributed by atoms with van der Waals surface area (Å²) in [6, 6.07) is 6.63. The lowest BCUT2D eigenvalue weighted by atomic mass is 9.92. The fourth-order valence-electron chi connectivity index (χ4n) is 2.77. The van der Waals surface area contributed by atoms with Gasteiger partial charge in [0.25, 0.3) is 0 Å². The van der Waals surface area contributed by atoms with Crippen LogP contribution in [-0.4, -0.2) is 4.98 Å². The molecule has 0 spiro atoms. The summed E-state index contributed by atoms with van der Waals surface area (Å²) in [5.74, 6) is 0.465. The fourth-order valence-corrected chi connectivity index (χ4v) is 3.91. The van der Waals surface area contributed by atoms with E-state index in [-0.39, 0.29) is 5.54 Å². The lowest BCUT2D eigenvalue weighted by molar-refractivity contribution is 0.528. The Labute approximate surface area is 118 Å². The van der Waals surface area contributed by atoms with Gasteiger partial charge in [0.15, 0.2) is 0 Å². The fraction of sp³-hybridized carbons (Fsp3) is 0.438. The summed E-state index contributed by atoms with van der Waals surface area (Å²) in [4.78, 5) is 4.79. The second kappa shape index (κ2) is 4.43. The summed E-state index contributed by atoms with van der Waals surface area (Å²) < 4.78 is 0. The van der Waals surface area contributed by atoms with E-state index < -0.39 is 0 Å². The molecule has 19 heavy (non-hydrogen) atoms. The van der Waals surface area contributed by atoms with Crippen molar-refractivity contribution < 1.29 is 0 Å². The molecule has 0 saturated heterocycles. The van der Waals surface area contributed by atoms with Crippen LogP contribution in [0.4, 0.5) is 0 Å². The highest BCUT2D eigenvalue weighted by atomic mass is 32.1. The summed E-state index contributed by atoms with van der Waals surface area (Å²) in [5, 5.41) is 3.23. The Morgan fingerprint density at radius 3 is 2.84 bits per heavy atom. The minimum absolute atomic E-state index is 0.376. The molecule has 100 valence electrons. The van der Waals surface area contributed by atoms with Crippen LogP contribution < -0.4 is 5.73 Å². The van der Waals surface area contributed by atoms with Gasteiger partial charge in [0.1, 0.15) is 5.01 Å². The molecule has 0 radical (unpaired) electrons. The highest BCUT2D eigenvalue weighted by Crippen LogP contribution is 2.41. The monoisotopic (exact) mass is 272 g/mol. The number of aromatic nitrogens is 1. The van der Waals surface area contributed by atoms with Crippen molar-refractivity contribution in [1.82, 2.24) is 4.98 Å². The summed E-state index contributed by atoms with van der Waals surface area (Å²) >= 11 is 1.71. The van der Waals surface area contributed by atoms with Crippen LogP contribution in [0.15, 0.2) is 23.6 Å². The number of thiazole rings is 1. The predicted octanol–water partition coefficient (Wildman–Crippen LogP) is 3.72. The van der Waals surface area contributed by atoms with Crippen LogP contribution in [0.5, 0.6) is 0 Å². The normalized spacial score (nSPS) is 21.9. The minimum atomic E-state index is -0.376. The van der Waals surface area contributed by atoms with Crippen molar-refractivity contribution in [3.05, 3.63) is 51.0 Å². The first-order valence-electron chi connectivity index (χ1n) is 6.85. The number of fused-ring (bicyclic) bond motifs is 1. The Hall–Kier alpha value is -1.19. The molecule has 1 aliphatic carbocycles. The number of benzene rings is 1. The van der Waals surface area contributed by atoms with Crippen LogP contribution in [0.1, 0.15) is 53.6 Å². The van der Waals surface area contributed by atoms with Gasteiger partial charge in [-0.25, -0.2) is 4.98 Å². The molecular formula is C16H20N2S. The van der Waals surface area contributed by atoms with E-state index in [0.29, 0.717) is 5.92 Å². The number of aryl methyl sites for hydroxylation is 2. The Kier molecular flexibility index (Phi) is 2.99. The van der Waals surface area contributed by atoms with Crippen LogP contribution in [0.25, 0.3) is 0 Å². The number of rotatable bonds is 2. The first kappa shape index (κ1) is 12.8. The third-order valence-corrected chi connectivity index (χ3v) is 5.07. The molecule has 3 heteroatoms. The molecule has 1 heterocycles. The molecule has 0 aliphatic heterocycles. The van der Waals surface area contributed by atoms with E-state index in [0.717, 1.165) is 23.5 Å². The maximum absolute atomic E-state index is 6.72. The first-order valence-corrected chi connectivity index (χ1v) is 7.73. The van der Waals surface area contributed by atoms with Crippen molar-refractivity contribution in [2.24, 2.45) is 5.73 Å². The van der Waals surface area contributed by atoms with Crippen LogP contribution in [0.3, 0.4) is 0 Å². The molecule has 2 aromatic rings. The quantitative estimate of drug-likeness (QED) is 0.905. The largest absolute Gasteiger partial charge is 0.316 e. The van der Waals surface area contributed by atoms with Crippen molar-refractivity contribution in [2.45, 2.75) is 45.1 Å². The number of nitrogens with zero attached hydrogens (tertiary/aromatic N) is 1. The Balaban J connectivity index is 2.08. The van der Waals surface area contributed by atoms with Crippen molar-refractivity contribution in [1.29, 1.82) is 0 Å². The molecule has 1 aromatic carbocycles. The lowest BCUT2D eigenvalue weighted by Crippen LogP contribution is -2.35. The van der Waals surface area contributed by atoms with Gasteiger partial charge >= 0.3 is 0 Å². The molecular weight excluding hydrogens is 252 g/mol. The standard InChI is InChI=1S/C16H20N2S/c1-10(2)14-9-19-15(18-14)16(17)7-6-12-5-4-11(3)8-13(12)16/h4-5,8-10H,6-7,17H2,1-3H3. The maximum atomic E-state index is 6.72. The third kappa shape index (κ3) is 2.01. The Morgan fingerprint density at radius 1 is 1.37 bits per heavy atom. The van der Waals surface area contributed by atoms with Crippen LogP contribution in [0, 0.1) is 6.92 Å². The van der Waals surface area contributed by atoms with Gasteiger partial charge in [0, 0.05) is 5.38 Å². The highest BCUT2D eigenvalue weighted by molar-refractivity contribution is 7.09. The molecule has 2 N–H and O–H groups in total. The average molecular weight is 272 g/mol. The number of nitrogens with two attached hydrogens (primary N) is 1. The van der Waals surface area contributed by atoms with Gasteiger partial charge in [-0.1, -0.05) is 37.6 Å². The molecule has 0 saturated carbocycles. The van der Waals surface area contributed by atoms with Gasteiger partial charge in [-0.2, -0.15) is 0 Å². The van der Waals surface area contributed by atoms with Gasteiger partial charge < -0.3 is 5.73 Å². The smallest absolute Gasteiger partial charge is 0.117 e. The molecule has 1 atom stereocenters. The number of hydrogen-bond donors (Lipinski definition) is 1. The second-order valence-electron chi connectivity index (χ2n) is 5.86. The molecule has 0 bridgehead atoms. The third-order valence-electron chi connectivity index (χ3n) is 4.03. The SMILES string of the molecule is Cc1ccc2c(c1)C(N)(c1nc(C(C)C)cs1)CC2. The topological polar surface area (TPSA) is 38.9 Å². The van der Waals surface area contributed by atoms with E-state index in [2.05, 4.69) is 44.4 Å². The zero-order chi connectivity index (χ0) is 13.6. The summed E-state index contributed by atoms with van der Waals surface area (Å²) in [6.07, 6.45) is 2.03.